The van der Waals surface area contributed by atoms with E-state index in [1.165, 1.54) is 0 Å². The summed E-state index contributed by atoms with van der Waals surface area (Å²) in [7, 11) is 3.84. The van der Waals surface area contributed by atoms with Crippen molar-refractivity contribution in [3.63, 3.8) is 0 Å². The fraction of sp³-hybridized carbons (Fsp3) is 0.385. The van der Waals surface area contributed by atoms with Crippen LogP contribution in [0.25, 0.3) is 0 Å². The molecule has 0 radical (unpaired) electrons. The van der Waals surface area contributed by atoms with Crippen LogP contribution in [-0.2, 0) is 6.42 Å². The molecule has 0 bridgehead atoms. The fourth-order valence-corrected chi connectivity index (χ4v) is 1.76. The maximum Gasteiger partial charge on any atom is 0.244 e. The van der Waals surface area contributed by atoms with Crippen LogP contribution in [0, 0.1) is 0 Å². The van der Waals surface area contributed by atoms with E-state index < -0.39 is 0 Å². The van der Waals surface area contributed by atoms with Gasteiger partial charge < -0.3 is 10.6 Å². The van der Waals surface area contributed by atoms with Crippen molar-refractivity contribution in [3.8, 4) is 0 Å². The van der Waals surface area contributed by atoms with Gasteiger partial charge in [-0.2, -0.15) is 4.98 Å². The Hall–Kier alpha value is -1.88. The van der Waals surface area contributed by atoms with E-state index in [2.05, 4.69) is 27.3 Å². The zero-order chi connectivity index (χ0) is 13.0. The van der Waals surface area contributed by atoms with Gasteiger partial charge in [0, 0.05) is 26.6 Å². The summed E-state index contributed by atoms with van der Waals surface area (Å²) in [6.45, 7) is 0. The van der Waals surface area contributed by atoms with Gasteiger partial charge in [-0.25, -0.2) is 0 Å². The first-order chi connectivity index (χ1) is 8.66. The maximum atomic E-state index is 6.14. The molecule has 1 aromatic heterocycles. The zero-order valence-corrected chi connectivity index (χ0v) is 10.8. The summed E-state index contributed by atoms with van der Waals surface area (Å²) >= 11 is 0. The van der Waals surface area contributed by atoms with E-state index in [4.69, 9.17) is 5.73 Å². The number of hydrogen-bond donors (Lipinski definition) is 2. The number of nitrogens with zero attached hydrogens (tertiary/aromatic N) is 3. The number of H-pyrrole nitrogens is 1. The Morgan fingerprint density at radius 1 is 1.28 bits per heavy atom. The van der Waals surface area contributed by atoms with Gasteiger partial charge in [-0.05, 0) is 12.0 Å². The van der Waals surface area contributed by atoms with Gasteiger partial charge in [-0.15, -0.1) is 5.10 Å². The monoisotopic (exact) mass is 245 g/mol. The van der Waals surface area contributed by atoms with E-state index in [-0.39, 0.29) is 6.04 Å². The Balaban J connectivity index is 1.91. The van der Waals surface area contributed by atoms with Crippen molar-refractivity contribution in [2.45, 2.75) is 18.9 Å². The predicted molar refractivity (Wildman–Crippen MR) is 72.4 cm³/mol. The van der Waals surface area contributed by atoms with Crippen molar-refractivity contribution in [1.29, 1.82) is 0 Å². The molecule has 0 saturated heterocycles. The predicted octanol–water partition coefficient (Wildman–Crippen LogP) is 1.50. The SMILES string of the molecule is CN(C)c1n[nH]c(CCC(N)c2ccccc2)n1. The number of benzene rings is 1. The molecule has 0 amide bonds. The van der Waals surface area contributed by atoms with Crippen LogP contribution < -0.4 is 10.6 Å². The van der Waals surface area contributed by atoms with E-state index in [9.17, 15) is 0 Å². The average Bonchev–Trinajstić information content (AvgIpc) is 2.86. The van der Waals surface area contributed by atoms with Gasteiger partial charge in [0.05, 0.1) is 0 Å². The van der Waals surface area contributed by atoms with Crippen LogP contribution >= 0.6 is 0 Å². The normalized spacial score (nSPS) is 12.4. The molecule has 5 heteroatoms. The first kappa shape index (κ1) is 12.6. The van der Waals surface area contributed by atoms with E-state index in [0.717, 1.165) is 24.2 Å². The summed E-state index contributed by atoms with van der Waals surface area (Å²) in [4.78, 5) is 6.25. The highest BCUT2D eigenvalue weighted by Gasteiger charge is 2.09. The van der Waals surface area contributed by atoms with Crippen LogP contribution in [0.15, 0.2) is 30.3 Å². The molecular weight excluding hydrogens is 226 g/mol. The number of anilines is 1. The molecule has 1 atom stereocenters. The van der Waals surface area contributed by atoms with Gasteiger partial charge in [-0.1, -0.05) is 30.3 Å². The lowest BCUT2D eigenvalue weighted by Crippen LogP contribution is -2.12. The summed E-state index contributed by atoms with van der Waals surface area (Å²) in [5, 5.41) is 7.05. The summed E-state index contributed by atoms with van der Waals surface area (Å²) in [5.74, 6) is 1.59. The third-order valence-electron chi connectivity index (χ3n) is 2.84. The Bertz CT molecular complexity index is 477. The molecule has 3 N–H and O–H groups in total. The van der Waals surface area contributed by atoms with Gasteiger partial charge in [0.25, 0.3) is 0 Å². The van der Waals surface area contributed by atoms with Gasteiger partial charge in [0.1, 0.15) is 5.82 Å². The third-order valence-corrected chi connectivity index (χ3v) is 2.84. The lowest BCUT2D eigenvalue weighted by atomic mass is 10.0. The van der Waals surface area contributed by atoms with Crippen molar-refractivity contribution in [1.82, 2.24) is 15.2 Å². The van der Waals surface area contributed by atoms with Crippen LogP contribution in [0.2, 0.25) is 0 Å². The molecule has 0 aliphatic heterocycles. The van der Waals surface area contributed by atoms with Gasteiger partial charge in [-0.3, -0.25) is 5.10 Å². The summed E-state index contributed by atoms with van der Waals surface area (Å²) < 4.78 is 0. The molecule has 1 unspecified atom stereocenters. The molecule has 0 fully saturated rings. The number of aromatic nitrogens is 3. The van der Waals surface area contributed by atoms with E-state index in [1.807, 2.05) is 37.2 Å². The molecule has 2 aromatic rings. The number of nitrogens with two attached hydrogens (primary N) is 1. The second-order valence-electron chi connectivity index (χ2n) is 4.53. The van der Waals surface area contributed by atoms with Gasteiger partial charge in [0.15, 0.2) is 0 Å². The minimum Gasteiger partial charge on any atom is -0.346 e. The summed E-state index contributed by atoms with van der Waals surface area (Å²) in [6.07, 6.45) is 1.66. The van der Waals surface area contributed by atoms with Crippen LogP contribution in [0.1, 0.15) is 23.9 Å². The van der Waals surface area contributed by atoms with Gasteiger partial charge in [0.2, 0.25) is 5.95 Å². The molecule has 1 heterocycles. The van der Waals surface area contributed by atoms with E-state index in [0.29, 0.717) is 5.95 Å². The highest BCUT2D eigenvalue weighted by molar-refractivity contribution is 5.25. The van der Waals surface area contributed by atoms with Crippen molar-refractivity contribution in [2.24, 2.45) is 5.73 Å². The van der Waals surface area contributed by atoms with E-state index >= 15 is 0 Å². The van der Waals surface area contributed by atoms with Gasteiger partial charge >= 0.3 is 0 Å². The standard InChI is InChI=1S/C13H19N5/c1-18(2)13-15-12(16-17-13)9-8-11(14)10-6-4-3-5-7-10/h3-7,11H,8-9,14H2,1-2H3,(H,15,16,17). The van der Waals surface area contributed by atoms with Crippen molar-refractivity contribution >= 4 is 5.95 Å². The Morgan fingerprint density at radius 3 is 2.61 bits per heavy atom. The van der Waals surface area contributed by atoms with Crippen LogP contribution in [0.5, 0.6) is 0 Å². The molecule has 5 nitrogen and oxygen atoms in total. The minimum atomic E-state index is 0.0408. The molecule has 18 heavy (non-hydrogen) atoms. The van der Waals surface area contributed by atoms with Crippen molar-refractivity contribution < 1.29 is 0 Å². The topological polar surface area (TPSA) is 70.8 Å². The number of nitrogens with one attached hydrogen (secondary N) is 1. The fourth-order valence-electron chi connectivity index (χ4n) is 1.76. The second kappa shape index (κ2) is 5.64. The Morgan fingerprint density at radius 2 is 2.00 bits per heavy atom. The molecule has 1 aromatic carbocycles. The van der Waals surface area contributed by atoms with Crippen LogP contribution in [0.3, 0.4) is 0 Å². The first-order valence-electron chi connectivity index (χ1n) is 6.06. The number of aryl methyl sites for hydroxylation is 1. The van der Waals surface area contributed by atoms with E-state index in [1.54, 1.807) is 0 Å². The summed E-state index contributed by atoms with van der Waals surface area (Å²) in [5.41, 5.74) is 7.29. The average molecular weight is 245 g/mol. The lowest BCUT2D eigenvalue weighted by Gasteiger charge is -2.10. The quantitative estimate of drug-likeness (QED) is 0.837. The van der Waals surface area contributed by atoms with Crippen molar-refractivity contribution in [3.05, 3.63) is 41.7 Å². The largest absolute Gasteiger partial charge is 0.346 e. The van der Waals surface area contributed by atoms with Crippen LogP contribution in [0.4, 0.5) is 5.95 Å². The molecule has 0 aliphatic rings. The molecule has 96 valence electrons. The number of hydrogen-bond acceptors (Lipinski definition) is 4. The highest BCUT2D eigenvalue weighted by atomic mass is 15.3. The highest BCUT2D eigenvalue weighted by Crippen LogP contribution is 2.15. The number of aromatic amines is 1. The smallest absolute Gasteiger partial charge is 0.244 e. The number of rotatable bonds is 5. The molecule has 0 aliphatic carbocycles. The first-order valence-corrected chi connectivity index (χ1v) is 6.06. The Labute approximate surface area is 107 Å². The van der Waals surface area contributed by atoms with Crippen LogP contribution in [-0.4, -0.2) is 29.3 Å². The second-order valence-corrected chi connectivity index (χ2v) is 4.53. The summed E-state index contributed by atoms with van der Waals surface area (Å²) in [6, 6.07) is 10.2. The molecule has 0 spiro atoms. The zero-order valence-electron chi connectivity index (χ0n) is 10.8. The Kier molecular flexibility index (Phi) is 3.94. The maximum absolute atomic E-state index is 6.14. The molecule has 2 rings (SSSR count). The third kappa shape index (κ3) is 3.07. The minimum absolute atomic E-state index is 0.0408. The molecule has 0 saturated carbocycles. The molecular formula is C13H19N5. The lowest BCUT2D eigenvalue weighted by molar-refractivity contribution is 0.635. The van der Waals surface area contributed by atoms with Crippen molar-refractivity contribution in [2.75, 3.05) is 19.0 Å².